The van der Waals surface area contributed by atoms with E-state index in [1.54, 1.807) is 6.20 Å². The van der Waals surface area contributed by atoms with Gasteiger partial charge in [-0.2, -0.15) is 0 Å². The number of rotatable bonds is 6. The van der Waals surface area contributed by atoms with Crippen molar-refractivity contribution in [3.05, 3.63) is 199 Å². The largest absolute Gasteiger partial charge is 0.264 e. The van der Waals surface area contributed by atoms with Crippen LogP contribution < -0.4 is 0 Å². The summed E-state index contributed by atoms with van der Waals surface area (Å²) in [6, 6.07) is 62.9. The summed E-state index contributed by atoms with van der Waals surface area (Å²) < 4.78 is 0. The molecule has 0 saturated carbocycles. The van der Waals surface area contributed by atoms with Crippen molar-refractivity contribution in [1.29, 1.82) is 0 Å². The van der Waals surface area contributed by atoms with Gasteiger partial charge in [-0.15, -0.1) is 0 Å². The van der Waals surface area contributed by atoms with Crippen molar-refractivity contribution < 1.29 is 0 Å². The maximum Gasteiger partial charge on any atom is 0.160 e. The molecule has 55 heavy (non-hydrogen) atoms. The van der Waals surface area contributed by atoms with Crippen LogP contribution in [-0.2, 0) is 5.41 Å². The van der Waals surface area contributed by atoms with Gasteiger partial charge in [-0.1, -0.05) is 166 Å². The second-order valence-corrected chi connectivity index (χ2v) is 14.9. The van der Waals surface area contributed by atoms with Crippen molar-refractivity contribution in [1.82, 2.24) is 15.0 Å². The Morgan fingerprint density at radius 2 is 0.964 bits per heavy atom. The van der Waals surface area contributed by atoms with Crippen LogP contribution in [0, 0.1) is 0 Å². The highest BCUT2D eigenvalue weighted by molar-refractivity contribution is 6.05. The molecule has 3 nitrogen and oxygen atoms in total. The van der Waals surface area contributed by atoms with E-state index in [0.717, 1.165) is 44.6 Å². The third kappa shape index (κ3) is 5.73. The van der Waals surface area contributed by atoms with E-state index >= 15 is 0 Å². The molecule has 2 aromatic heterocycles. The molecule has 10 rings (SSSR count). The van der Waals surface area contributed by atoms with Gasteiger partial charge in [-0.25, -0.2) is 9.97 Å². The normalized spacial score (nSPS) is 12.7. The van der Waals surface area contributed by atoms with E-state index in [1.807, 2.05) is 30.5 Å². The fraction of sp³-hybridized carbons (Fsp3) is 0.0577. The van der Waals surface area contributed by atoms with Crippen LogP contribution >= 0.6 is 0 Å². The Bertz CT molecular complexity index is 2870. The highest BCUT2D eigenvalue weighted by atomic mass is 14.9. The van der Waals surface area contributed by atoms with E-state index in [9.17, 15) is 0 Å². The summed E-state index contributed by atoms with van der Waals surface area (Å²) in [5.74, 6) is 0.700. The van der Waals surface area contributed by atoms with Crippen LogP contribution in [0.25, 0.3) is 89.2 Å². The van der Waals surface area contributed by atoms with Crippen LogP contribution in [0.3, 0.4) is 0 Å². The number of pyridine rings is 1. The predicted molar refractivity (Wildman–Crippen MR) is 228 cm³/mol. The van der Waals surface area contributed by atoms with Gasteiger partial charge in [0.25, 0.3) is 0 Å². The van der Waals surface area contributed by atoms with Gasteiger partial charge in [0, 0.05) is 34.5 Å². The minimum Gasteiger partial charge on any atom is -0.264 e. The topological polar surface area (TPSA) is 38.7 Å². The fourth-order valence-corrected chi connectivity index (χ4v) is 8.34. The zero-order valence-electron chi connectivity index (χ0n) is 30.7. The summed E-state index contributed by atoms with van der Waals surface area (Å²) >= 11 is 0. The number of benzene rings is 7. The first-order chi connectivity index (χ1) is 27.0. The maximum atomic E-state index is 5.21. The zero-order chi connectivity index (χ0) is 36.9. The van der Waals surface area contributed by atoms with Crippen LogP contribution in [-0.4, -0.2) is 15.0 Å². The minimum absolute atomic E-state index is 0.0455. The van der Waals surface area contributed by atoms with Crippen LogP contribution in [0.1, 0.15) is 25.0 Å². The van der Waals surface area contributed by atoms with Gasteiger partial charge in [0.15, 0.2) is 5.82 Å². The van der Waals surface area contributed by atoms with Crippen LogP contribution in [0.5, 0.6) is 0 Å². The molecule has 1 aliphatic rings. The van der Waals surface area contributed by atoms with Gasteiger partial charge in [-0.3, -0.25) is 4.98 Å². The van der Waals surface area contributed by atoms with E-state index in [1.165, 1.54) is 49.9 Å². The lowest BCUT2D eigenvalue weighted by molar-refractivity contribution is 0.660. The van der Waals surface area contributed by atoms with Crippen molar-refractivity contribution >= 4 is 10.8 Å². The molecule has 3 heteroatoms. The molecule has 0 spiro atoms. The zero-order valence-corrected chi connectivity index (χ0v) is 30.7. The second-order valence-electron chi connectivity index (χ2n) is 14.9. The van der Waals surface area contributed by atoms with E-state index in [4.69, 9.17) is 9.97 Å². The lowest BCUT2D eigenvalue weighted by Crippen LogP contribution is -2.14. The average molecular weight is 704 g/mol. The van der Waals surface area contributed by atoms with Gasteiger partial charge >= 0.3 is 0 Å². The molecule has 0 fully saturated rings. The molecule has 260 valence electrons. The number of nitrogens with zero attached hydrogens (tertiary/aromatic N) is 3. The van der Waals surface area contributed by atoms with Crippen molar-refractivity contribution in [3.8, 4) is 78.4 Å². The summed E-state index contributed by atoms with van der Waals surface area (Å²) in [6.45, 7) is 4.68. The van der Waals surface area contributed by atoms with Gasteiger partial charge in [0.1, 0.15) is 0 Å². The first kappa shape index (κ1) is 32.7. The Labute approximate surface area is 321 Å². The van der Waals surface area contributed by atoms with Gasteiger partial charge in [0.05, 0.1) is 11.4 Å². The molecule has 0 radical (unpaired) electrons. The number of hydrogen-bond acceptors (Lipinski definition) is 3. The molecule has 0 aliphatic heterocycles. The number of fused-ring (bicyclic) bond motifs is 4. The van der Waals surface area contributed by atoms with Crippen LogP contribution in [0.4, 0.5) is 0 Å². The van der Waals surface area contributed by atoms with E-state index in [-0.39, 0.29) is 5.41 Å². The first-order valence-corrected chi connectivity index (χ1v) is 18.8. The lowest BCUT2D eigenvalue weighted by Gasteiger charge is -2.22. The van der Waals surface area contributed by atoms with Crippen molar-refractivity contribution in [3.63, 3.8) is 0 Å². The summed E-state index contributed by atoms with van der Waals surface area (Å²) in [6.07, 6.45) is 3.69. The van der Waals surface area contributed by atoms with E-state index in [2.05, 4.69) is 170 Å². The van der Waals surface area contributed by atoms with Crippen molar-refractivity contribution in [2.24, 2.45) is 0 Å². The maximum absolute atomic E-state index is 5.21. The molecule has 0 saturated heterocycles. The number of aromatic nitrogens is 3. The number of hydrogen-bond donors (Lipinski definition) is 0. The molecule has 9 aromatic rings. The molecular formula is C52H37N3. The molecular weight excluding hydrogens is 667 g/mol. The SMILES string of the molecule is CC1(C)c2ccccc2-c2ccc(-c3cccc(-c4ccc(-c5cc(-c6ccc(-c7cccnc7)cc6)nc(-c6ccccc6)n5)c5ccccc45)c3)cc21. The molecule has 0 N–H and O–H groups in total. The Hall–Kier alpha value is -6.97. The summed E-state index contributed by atoms with van der Waals surface area (Å²) in [5, 5.41) is 2.34. The monoisotopic (exact) mass is 703 g/mol. The van der Waals surface area contributed by atoms with Crippen LogP contribution in [0.15, 0.2) is 188 Å². The minimum atomic E-state index is -0.0455. The molecule has 0 unspecified atom stereocenters. The third-order valence-electron chi connectivity index (χ3n) is 11.2. The van der Waals surface area contributed by atoms with E-state index < -0.39 is 0 Å². The Morgan fingerprint density at radius 1 is 0.364 bits per heavy atom. The molecule has 2 heterocycles. The summed E-state index contributed by atoms with van der Waals surface area (Å²) in [4.78, 5) is 14.6. The standard InChI is InChI=1S/C52H37N3/c1-52(2)47-20-9-8-19-44(47)45-26-25-38(31-48(45)52)37-14-10-15-39(30-37)41-27-28-46(43-18-7-6-17-42(41)43)50-32-49(54-51(55-50)36-12-4-3-5-13-36)35-23-21-34(22-24-35)40-16-11-29-53-33-40/h3-33H,1-2H3. The summed E-state index contributed by atoms with van der Waals surface area (Å²) in [5.41, 5.74) is 17.3. The average Bonchev–Trinajstić information content (AvgIpc) is 3.49. The summed E-state index contributed by atoms with van der Waals surface area (Å²) in [7, 11) is 0. The predicted octanol–water partition coefficient (Wildman–Crippen LogP) is 13.3. The highest BCUT2D eigenvalue weighted by Crippen LogP contribution is 2.49. The van der Waals surface area contributed by atoms with Gasteiger partial charge < -0.3 is 0 Å². The Morgan fingerprint density at radius 3 is 1.78 bits per heavy atom. The quantitative estimate of drug-likeness (QED) is 0.173. The lowest BCUT2D eigenvalue weighted by atomic mass is 9.81. The fourth-order valence-electron chi connectivity index (χ4n) is 8.34. The molecule has 0 amide bonds. The highest BCUT2D eigenvalue weighted by Gasteiger charge is 2.35. The van der Waals surface area contributed by atoms with Gasteiger partial charge in [0.2, 0.25) is 0 Å². The van der Waals surface area contributed by atoms with Crippen molar-refractivity contribution in [2.45, 2.75) is 19.3 Å². The molecule has 0 bridgehead atoms. The second kappa shape index (κ2) is 13.2. The third-order valence-corrected chi connectivity index (χ3v) is 11.2. The Kier molecular flexibility index (Phi) is 7.81. The van der Waals surface area contributed by atoms with E-state index in [0.29, 0.717) is 5.82 Å². The first-order valence-electron chi connectivity index (χ1n) is 18.8. The molecule has 7 aromatic carbocycles. The van der Waals surface area contributed by atoms with Crippen LogP contribution in [0.2, 0.25) is 0 Å². The smallest absolute Gasteiger partial charge is 0.160 e. The molecule has 1 aliphatic carbocycles. The van der Waals surface area contributed by atoms with Gasteiger partial charge in [-0.05, 0) is 90.7 Å². The van der Waals surface area contributed by atoms with Crippen molar-refractivity contribution in [2.75, 3.05) is 0 Å². The Balaban J connectivity index is 1.06. The molecule has 0 atom stereocenters.